The molecule has 3 aromatic rings. The first-order valence-corrected chi connectivity index (χ1v) is 10.1. The number of hydrogen-bond donors (Lipinski definition) is 0. The normalized spacial score (nSPS) is 14.8. The Balaban J connectivity index is 1.39. The van der Waals surface area contributed by atoms with Crippen LogP contribution >= 0.6 is 11.5 Å². The molecular formula is C21H21FN4OS. The molecule has 0 N–H and O–H groups in total. The van der Waals surface area contributed by atoms with E-state index in [1.807, 2.05) is 35.2 Å². The molecule has 1 saturated heterocycles. The van der Waals surface area contributed by atoms with Crippen LogP contribution in [0.1, 0.15) is 28.2 Å². The van der Waals surface area contributed by atoms with E-state index in [0.717, 1.165) is 48.1 Å². The van der Waals surface area contributed by atoms with E-state index in [-0.39, 0.29) is 11.7 Å². The first kappa shape index (κ1) is 18.6. The predicted molar refractivity (Wildman–Crippen MR) is 108 cm³/mol. The number of carbonyl (C=O) groups is 1. The average Bonchev–Trinajstić information content (AvgIpc) is 3.05. The molecule has 0 saturated carbocycles. The second-order valence-electron chi connectivity index (χ2n) is 6.80. The maximum Gasteiger partial charge on any atom is 0.253 e. The smallest absolute Gasteiger partial charge is 0.253 e. The summed E-state index contributed by atoms with van der Waals surface area (Å²) >= 11 is 1.38. The number of rotatable bonds is 4. The molecule has 144 valence electrons. The number of hydrogen-bond acceptors (Lipinski definition) is 5. The van der Waals surface area contributed by atoms with Crippen molar-refractivity contribution in [3.8, 4) is 0 Å². The number of nitrogens with zero attached hydrogens (tertiary/aromatic N) is 4. The Kier molecular flexibility index (Phi) is 5.62. The van der Waals surface area contributed by atoms with Gasteiger partial charge in [-0.2, -0.15) is 4.37 Å². The number of anilines is 1. The van der Waals surface area contributed by atoms with Crippen LogP contribution in [0.3, 0.4) is 0 Å². The summed E-state index contributed by atoms with van der Waals surface area (Å²) in [5.74, 6) is 0.583. The number of amides is 1. The van der Waals surface area contributed by atoms with E-state index in [4.69, 9.17) is 0 Å². The number of carbonyl (C=O) groups excluding carboxylic acids is 1. The third-order valence-corrected chi connectivity index (χ3v) is 5.62. The molecule has 5 nitrogen and oxygen atoms in total. The fourth-order valence-corrected chi connectivity index (χ4v) is 4.04. The van der Waals surface area contributed by atoms with E-state index < -0.39 is 0 Å². The lowest BCUT2D eigenvalue weighted by molar-refractivity contribution is 0.0767. The van der Waals surface area contributed by atoms with Crippen molar-refractivity contribution >= 4 is 22.6 Å². The second kappa shape index (κ2) is 8.48. The van der Waals surface area contributed by atoms with Crippen molar-refractivity contribution in [2.45, 2.75) is 12.8 Å². The molecule has 2 aromatic carbocycles. The Hall–Kier alpha value is -2.80. The summed E-state index contributed by atoms with van der Waals surface area (Å²) in [6, 6.07) is 15.8. The number of aromatic nitrogens is 2. The third-order valence-electron chi connectivity index (χ3n) is 4.81. The Bertz CT molecular complexity index is 929. The zero-order valence-corrected chi connectivity index (χ0v) is 16.2. The molecule has 4 rings (SSSR count). The Morgan fingerprint density at radius 3 is 2.57 bits per heavy atom. The van der Waals surface area contributed by atoms with E-state index in [1.165, 1.54) is 23.7 Å². The van der Waals surface area contributed by atoms with Gasteiger partial charge in [-0.1, -0.05) is 30.3 Å². The lowest BCUT2D eigenvalue weighted by atomic mass is 10.1. The van der Waals surface area contributed by atoms with E-state index in [0.29, 0.717) is 13.0 Å². The van der Waals surface area contributed by atoms with Gasteiger partial charge in [-0.3, -0.25) is 4.79 Å². The summed E-state index contributed by atoms with van der Waals surface area (Å²) < 4.78 is 17.5. The van der Waals surface area contributed by atoms with Gasteiger partial charge in [0.25, 0.3) is 5.91 Å². The molecule has 2 heterocycles. The van der Waals surface area contributed by atoms with Crippen LogP contribution in [0, 0.1) is 5.82 Å². The van der Waals surface area contributed by atoms with Crippen LogP contribution in [0.4, 0.5) is 9.52 Å². The van der Waals surface area contributed by atoms with Crippen LogP contribution in [-0.2, 0) is 6.42 Å². The minimum absolute atomic E-state index is 0.0803. The summed E-state index contributed by atoms with van der Waals surface area (Å²) in [4.78, 5) is 21.5. The van der Waals surface area contributed by atoms with Crippen LogP contribution in [0.2, 0.25) is 0 Å². The zero-order valence-electron chi connectivity index (χ0n) is 15.4. The highest BCUT2D eigenvalue weighted by Crippen LogP contribution is 2.21. The second-order valence-corrected chi connectivity index (χ2v) is 7.53. The quantitative estimate of drug-likeness (QED) is 0.676. The molecule has 7 heteroatoms. The molecule has 0 aliphatic carbocycles. The monoisotopic (exact) mass is 396 g/mol. The summed E-state index contributed by atoms with van der Waals surface area (Å²) in [7, 11) is 0. The largest absolute Gasteiger partial charge is 0.345 e. The van der Waals surface area contributed by atoms with Gasteiger partial charge in [0, 0.05) is 49.7 Å². The van der Waals surface area contributed by atoms with Gasteiger partial charge in [0.05, 0.1) is 0 Å². The average molecular weight is 396 g/mol. The zero-order chi connectivity index (χ0) is 19.3. The number of benzene rings is 2. The van der Waals surface area contributed by atoms with E-state index in [2.05, 4.69) is 14.3 Å². The highest BCUT2D eigenvalue weighted by Gasteiger charge is 2.22. The van der Waals surface area contributed by atoms with Crippen molar-refractivity contribution in [2.75, 3.05) is 31.1 Å². The van der Waals surface area contributed by atoms with Crippen LogP contribution in [0.25, 0.3) is 0 Å². The minimum atomic E-state index is -0.241. The Morgan fingerprint density at radius 1 is 1.00 bits per heavy atom. The maximum absolute atomic E-state index is 13.0. The van der Waals surface area contributed by atoms with Crippen LogP contribution < -0.4 is 4.90 Å². The maximum atomic E-state index is 13.0. The highest BCUT2D eigenvalue weighted by atomic mass is 32.1. The first-order valence-electron chi connectivity index (χ1n) is 9.35. The fraction of sp³-hybridized carbons (Fsp3) is 0.286. The molecule has 0 unspecified atom stereocenters. The highest BCUT2D eigenvalue weighted by molar-refractivity contribution is 7.09. The molecule has 1 aromatic heterocycles. The van der Waals surface area contributed by atoms with Gasteiger partial charge in [-0.05, 0) is 36.2 Å². The van der Waals surface area contributed by atoms with Gasteiger partial charge in [0.1, 0.15) is 11.6 Å². The summed E-state index contributed by atoms with van der Waals surface area (Å²) in [6.07, 6.45) is 1.48. The molecular weight excluding hydrogens is 375 g/mol. The van der Waals surface area contributed by atoms with Crippen LogP contribution in [-0.4, -0.2) is 46.3 Å². The van der Waals surface area contributed by atoms with Gasteiger partial charge < -0.3 is 9.80 Å². The van der Waals surface area contributed by atoms with E-state index in [9.17, 15) is 9.18 Å². The molecule has 0 bridgehead atoms. The summed E-state index contributed by atoms with van der Waals surface area (Å²) in [5, 5.41) is 0.881. The molecule has 1 aliphatic heterocycles. The standard InChI is InChI=1S/C21H21FN4OS/c22-18-9-7-16(8-10-18)15-19-23-21(28-24-19)26-12-4-11-25(13-14-26)20(27)17-5-2-1-3-6-17/h1-3,5-10H,4,11-15H2. The van der Waals surface area contributed by atoms with Gasteiger partial charge >= 0.3 is 0 Å². The van der Waals surface area contributed by atoms with Gasteiger partial charge in [-0.15, -0.1) is 0 Å². The molecule has 0 spiro atoms. The van der Waals surface area contributed by atoms with Crippen molar-refractivity contribution < 1.29 is 9.18 Å². The van der Waals surface area contributed by atoms with Gasteiger partial charge in [0.15, 0.2) is 0 Å². The SMILES string of the molecule is O=C(c1ccccc1)N1CCCN(c2nc(Cc3ccc(F)cc3)ns2)CC1. The molecule has 1 aliphatic rings. The third kappa shape index (κ3) is 4.36. The lowest BCUT2D eigenvalue weighted by Gasteiger charge is -2.21. The minimum Gasteiger partial charge on any atom is -0.345 e. The van der Waals surface area contributed by atoms with Crippen molar-refractivity contribution in [3.63, 3.8) is 0 Å². The van der Waals surface area contributed by atoms with E-state index >= 15 is 0 Å². The van der Waals surface area contributed by atoms with Gasteiger partial charge in [-0.25, -0.2) is 9.37 Å². The molecule has 0 radical (unpaired) electrons. The topological polar surface area (TPSA) is 49.3 Å². The fourth-order valence-electron chi connectivity index (χ4n) is 3.30. The molecule has 0 atom stereocenters. The summed E-state index contributed by atoms with van der Waals surface area (Å²) in [5.41, 5.74) is 1.72. The first-order chi connectivity index (χ1) is 13.7. The molecule has 1 fully saturated rings. The molecule has 28 heavy (non-hydrogen) atoms. The Labute approximate surface area is 167 Å². The lowest BCUT2D eigenvalue weighted by Crippen LogP contribution is -2.35. The van der Waals surface area contributed by atoms with Crippen molar-refractivity contribution in [3.05, 3.63) is 77.4 Å². The molecule has 1 amide bonds. The van der Waals surface area contributed by atoms with Crippen LogP contribution in [0.15, 0.2) is 54.6 Å². The predicted octanol–water partition coefficient (Wildman–Crippen LogP) is 3.62. The van der Waals surface area contributed by atoms with Crippen molar-refractivity contribution in [1.29, 1.82) is 0 Å². The van der Waals surface area contributed by atoms with Crippen molar-refractivity contribution in [1.82, 2.24) is 14.3 Å². The van der Waals surface area contributed by atoms with Crippen molar-refractivity contribution in [2.24, 2.45) is 0 Å². The number of halogens is 1. The van der Waals surface area contributed by atoms with E-state index in [1.54, 1.807) is 12.1 Å². The Morgan fingerprint density at radius 2 is 1.79 bits per heavy atom. The summed E-state index contributed by atoms with van der Waals surface area (Å²) in [6.45, 7) is 3.00. The van der Waals surface area contributed by atoms with Crippen LogP contribution in [0.5, 0.6) is 0 Å². The van der Waals surface area contributed by atoms with Gasteiger partial charge in [0.2, 0.25) is 5.13 Å².